The SMILES string of the molecule is CC(NC(=O)c1ccc(C(C)(C)C)cn1)c1ccc(OCC(=O)O)cc1. The summed E-state index contributed by atoms with van der Waals surface area (Å²) >= 11 is 0. The van der Waals surface area contributed by atoms with Gasteiger partial charge in [0.25, 0.3) is 5.91 Å². The molecule has 0 aliphatic rings. The Hall–Kier alpha value is -2.89. The van der Waals surface area contributed by atoms with Gasteiger partial charge in [-0.25, -0.2) is 4.79 Å². The molecular formula is C20H24N2O4. The molecule has 0 saturated carbocycles. The van der Waals surface area contributed by atoms with Gasteiger partial charge in [-0.15, -0.1) is 0 Å². The van der Waals surface area contributed by atoms with Gasteiger partial charge in [-0.2, -0.15) is 0 Å². The van der Waals surface area contributed by atoms with Gasteiger partial charge in [-0.05, 0) is 41.7 Å². The normalized spacial score (nSPS) is 12.3. The zero-order valence-electron chi connectivity index (χ0n) is 15.4. The van der Waals surface area contributed by atoms with Crippen molar-refractivity contribution in [2.45, 2.75) is 39.2 Å². The second-order valence-electron chi connectivity index (χ2n) is 7.13. The summed E-state index contributed by atoms with van der Waals surface area (Å²) in [6, 6.07) is 10.4. The molecule has 6 nitrogen and oxygen atoms in total. The first-order valence-electron chi connectivity index (χ1n) is 8.39. The fourth-order valence-corrected chi connectivity index (χ4v) is 2.32. The van der Waals surface area contributed by atoms with Crippen LogP contribution in [0.5, 0.6) is 5.75 Å². The number of carboxylic acid groups (broad SMARTS) is 1. The van der Waals surface area contributed by atoms with Gasteiger partial charge in [0.1, 0.15) is 11.4 Å². The Balaban J connectivity index is 1.99. The van der Waals surface area contributed by atoms with Gasteiger partial charge in [0.2, 0.25) is 0 Å². The number of nitrogens with zero attached hydrogens (tertiary/aromatic N) is 1. The number of amides is 1. The zero-order chi connectivity index (χ0) is 19.3. The summed E-state index contributed by atoms with van der Waals surface area (Å²) in [6.45, 7) is 7.76. The highest BCUT2D eigenvalue weighted by atomic mass is 16.5. The number of carbonyl (C=O) groups is 2. The molecule has 138 valence electrons. The number of pyridine rings is 1. The van der Waals surface area contributed by atoms with Crippen LogP contribution in [-0.2, 0) is 10.2 Å². The number of hydrogen-bond acceptors (Lipinski definition) is 4. The van der Waals surface area contributed by atoms with Crippen LogP contribution in [0.1, 0.15) is 55.4 Å². The molecule has 1 amide bonds. The Kier molecular flexibility index (Phi) is 5.97. The Bertz CT molecular complexity index is 762. The molecule has 0 fully saturated rings. The molecule has 1 unspecified atom stereocenters. The Morgan fingerprint density at radius 3 is 2.31 bits per heavy atom. The van der Waals surface area contributed by atoms with Gasteiger partial charge in [0, 0.05) is 6.20 Å². The molecular weight excluding hydrogens is 332 g/mol. The van der Waals surface area contributed by atoms with Gasteiger partial charge in [0.05, 0.1) is 6.04 Å². The minimum absolute atomic E-state index is 0.0141. The molecule has 0 saturated heterocycles. The van der Waals surface area contributed by atoms with Crippen LogP contribution in [0.2, 0.25) is 0 Å². The number of carbonyl (C=O) groups excluding carboxylic acids is 1. The smallest absolute Gasteiger partial charge is 0.341 e. The van der Waals surface area contributed by atoms with Crippen LogP contribution in [0.25, 0.3) is 0 Å². The topological polar surface area (TPSA) is 88.5 Å². The summed E-state index contributed by atoms with van der Waals surface area (Å²) in [5.74, 6) is -0.807. The van der Waals surface area contributed by atoms with Gasteiger partial charge in [0.15, 0.2) is 6.61 Å². The van der Waals surface area contributed by atoms with Crippen LogP contribution < -0.4 is 10.1 Å². The van der Waals surface area contributed by atoms with Crippen molar-refractivity contribution < 1.29 is 19.4 Å². The maximum absolute atomic E-state index is 12.4. The Morgan fingerprint density at radius 2 is 1.81 bits per heavy atom. The van der Waals surface area contributed by atoms with Gasteiger partial charge < -0.3 is 15.2 Å². The molecule has 2 N–H and O–H groups in total. The highest BCUT2D eigenvalue weighted by Gasteiger charge is 2.16. The molecule has 1 aromatic heterocycles. The summed E-state index contributed by atoms with van der Waals surface area (Å²) in [5, 5.41) is 11.5. The van der Waals surface area contributed by atoms with Crippen LogP contribution in [0, 0.1) is 0 Å². The van der Waals surface area contributed by atoms with Crippen molar-refractivity contribution in [2.24, 2.45) is 0 Å². The molecule has 1 aromatic carbocycles. The molecule has 26 heavy (non-hydrogen) atoms. The van der Waals surface area contributed by atoms with E-state index in [-0.39, 0.29) is 24.0 Å². The lowest BCUT2D eigenvalue weighted by molar-refractivity contribution is -0.139. The molecule has 6 heteroatoms. The highest BCUT2D eigenvalue weighted by molar-refractivity contribution is 5.92. The quantitative estimate of drug-likeness (QED) is 0.829. The fraction of sp³-hybridized carbons (Fsp3) is 0.350. The van der Waals surface area contributed by atoms with Crippen molar-refractivity contribution in [3.63, 3.8) is 0 Å². The number of aliphatic carboxylic acids is 1. The Labute approximate surface area is 153 Å². The number of benzene rings is 1. The van der Waals surface area contributed by atoms with Gasteiger partial charge in [-0.1, -0.05) is 39.0 Å². The number of nitrogens with one attached hydrogen (secondary N) is 1. The van der Waals surface area contributed by atoms with Crippen molar-refractivity contribution in [1.82, 2.24) is 10.3 Å². The first kappa shape index (κ1) is 19.4. The molecule has 0 bridgehead atoms. The van der Waals surface area contributed by atoms with E-state index < -0.39 is 5.97 Å². The van der Waals surface area contributed by atoms with Crippen molar-refractivity contribution in [2.75, 3.05) is 6.61 Å². The van der Waals surface area contributed by atoms with Crippen molar-refractivity contribution in [3.8, 4) is 5.75 Å². The van der Waals surface area contributed by atoms with E-state index in [0.29, 0.717) is 11.4 Å². The minimum atomic E-state index is -1.03. The van der Waals surface area contributed by atoms with Crippen LogP contribution in [0.15, 0.2) is 42.6 Å². The van der Waals surface area contributed by atoms with Crippen molar-refractivity contribution in [1.29, 1.82) is 0 Å². The molecule has 0 radical (unpaired) electrons. The second-order valence-corrected chi connectivity index (χ2v) is 7.13. The number of aromatic nitrogens is 1. The fourth-order valence-electron chi connectivity index (χ4n) is 2.32. The van der Waals surface area contributed by atoms with Gasteiger partial charge in [-0.3, -0.25) is 9.78 Å². The molecule has 0 aliphatic carbocycles. The molecule has 0 aliphatic heterocycles. The summed E-state index contributed by atoms with van der Waals surface area (Å²) in [4.78, 5) is 27.1. The average Bonchev–Trinajstić information content (AvgIpc) is 2.59. The van der Waals surface area contributed by atoms with Crippen LogP contribution >= 0.6 is 0 Å². The van der Waals surface area contributed by atoms with Crippen LogP contribution in [-0.4, -0.2) is 28.6 Å². The van der Waals surface area contributed by atoms with E-state index in [0.717, 1.165) is 11.1 Å². The predicted molar refractivity (Wildman–Crippen MR) is 98.4 cm³/mol. The third kappa shape index (κ3) is 5.31. The van der Waals surface area contributed by atoms with E-state index >= 15 is 0 Å². The van der Waals surface area contributed by atoms with E-state index in [4.69, 9.17) is 9.84 Å². The number of ether oxygens (including phenoxy) is 1. The predicted octanol–water partition coefficient (Wildman–Crippen LogP) is 3.33. The lowest BCUT2D eigenvalue weighted by atomic mass is 9.88. The molecule has 2 aromatic rings. The zero-order valence-corrected chi connectivity index (χ0v) is 15.4. The van der Waals surface area contributed by atoms with Crippen LogP contribution in [0.3, 0.4) is 0 Å². The van der Waals surface area contributed by atoms with Crippen molar-refractivity contribution >= 4 is 11.9 Å². The molecule has 2 rings (SSSR count). The van der Waals surface area contributed by atoms with E-state index in [1.54, 1.807) is 36.5 Å². The first-order valence-corrected chi connectivity index (χ1v) is 8.39. The average molecular weight is 356 g/mol. The maximum atomic E-state index is 12.4. The largest absolute Gasteiger partial charge is 0.482 e. The number of carboxylic acids is 1. The number of rotatable bonds is 6. The van der Waals surface area contributed by atoms with E-state index in [9.17, 15) is 9.59 Å². The third-order valence-electron chi connectivity index (χ3n) is 3.95. The maximum Gasteiger partial charge on any atom is 0.341 e. The molecule has 1 heterocycles. The third-order valence-corrected chi connectivity index (χ3v) is 3.95. The van der Waals surface area contributed by atoms with Crippen molar-refractivity contribution in [3.05, 3.63) is 59.4 Å². The second kappa shape index (κ2) is 7.99. The van der Waals surface area contributed by atoms with E-state index in [1.165, 1.54) is 0 Å². The minimum Gasteiger partial charge on any atom is -0.482 e. The monoisotopic (exact) mass is 356 g/mol. The first-order chi connectivity index (χ1) is 12.2. The standard InChI is InChI=1S/C20H24N2O4/c1-13(14-5-8-16(9-6-14)26-12-18(23)24)22-19(25)17-10-7-15(11-21-17)20(2,3)4/h5-11,13H,12H2,1-4H3,(H,22,25)(H,23,24). The van der Waals surface area contributed by atoms with Gasteiger partial charge >= 0.3 is 5.97 Å². The van der Waals surface area contributed by atoms with E-state index in [1.807, 2.05) is 13.0 Å². The van der Waals surface area contributed by atoms with E-state index in [2.05, 4.69) is 31.1 Å². The number of hydrogen-bond donors (Lipinski definition) is 2. The molecule has 0 spiro atoms. The summed E-state index contributed by atoms with van der Waals surface area (Å²) in [6.07, 6.45) is 1.73. The summed E-state index contributed by atoms with van der Waals surface area (Å²) in [7, 11) is 0. The summed E-state index contributed by atoms with van der Waals surface area (Å²) in [5.41, 5.74) is 2.30. The Morgan fingerprint density at radius 1 is 1.15 bits per heavy atom. The van der Waals surface area contributed by atoms with Crippen LogP contribution in [0.4, 0.5) is 0 Å². The molecule has 1 atom stereocenters. The summed E-state index contributed by atoms with van der Waals surface area (Å²) < 4.78 is 5.09. The highest BCUT2D eigenvalue weighted by Crippen LogP contribution is 2.21. The lowest BCUT2D eigenvalue weighted by Crippen LogP contribution is -2.27. The lowest BCUT2D eigenvalue weighted by Gasteiger charge is -2.19.